The van der Waals surface area contributed by atoms with Crippen LogP contribution < -0.4 is 0 Å². The lowest BCUT2D eigenvalue weighted by Crippen LogP contribution is -2.29. The molecule has 1 aromatic rings. The van der Waals surface area contributed by atoms with Gasteiger partial charge in [-0.05, 0) is 12.5 Å². The Balaban J connectivity index is 2.43. The topological polar surface area (TPSA) is 15.6 Å². The third-order valence-corrected chi connectivity index (χ3v) is 2.59. The average Bonchev–Trinajstić information content (AvgIpc) is 2.27. The van der Waals surface area contributed by atoms with Crippen LogP contribution in [0.5, 0.6) is 0 Å². The highest BCUT2D eigenvalue weighted by Gasteiger charge is 2.15. The van der Waals surface area contributed by atoms with Gasteiger partial charge in [-0.15, -0.1) is 0 Å². The first kappa shape index (κ1) is 9.71. The van der Waals surface area contributed by atoms with Gasteiger partial charge in [-0.25, -0.2) is 4.99 Å². The molecule has 1 aromatic carbocycles. The van der Waals surface area contributed by atoms with Gasteiger partial charge in [0.05, 0.1) is 0 Å². The van der Waals surface area contributed by atoms with E-state index in [0.717, 1.165) is 22.7 Å². The van der Waals surface area contributed by atoms with E-state index in [1.54, 1.807) is 0 Å². The molecule has 2 heteroatoms. The molecule has 1 aliphatic heterocycles. The standard InChI is InChI=1S/C13H14N2/c1-10-9-14-13(15(3)11(10)2)12-7-5-4-6-8-12/h4-9H,2H2,1,3H3. The van der Waals surface area contributed by atoms with Crippen molar-refractivity contribution < 1.29 is 0 Å². The highest BCUT2D eigenvalue weighted by molar-refractivity contribution is 6.01. The first-order valence-electron chi connectivity index (χ1n) is 4.93. The molecule has 0 saturated heterocycles. The second kappa shape index (κ2) is 3.73. The molecule has 1 heterocycles. The maximum atomic E-state index is 4.43. The molecular formula is C13H14N2. The van der Waals surface area contributed by atoms with Crippen molar-refractivity contribution in [1.29, 1.82) is 0 Å². The van der Waals surface area contributed by atoms with Crippen molar-refractivity contribution in [3.8, 4) is 0 Å². The van der Waals surface area contributed by atoms with Crippen LogP contribution in [0.15, 0.2) is 59.4 Å². The van der Waals surface area contributed by atoms with Crippen LogP contribution in [-0.4, -0.2) is 17.8 Å². The lowest BCUT2D eigenvalue weighted by atomic mass is 10.1. The van der Waals surface area contributed by atoms with E-state index in [1.165, 1.54) is 0 Å². The Kier molecular flexibility index (Phi) is 2.42. The third-order valence-electron chi connectivity index (χ3n) is 2.59. The number of nitrogens with zero attached hydrogens (tertiary/aromatic N) is 2. The van der Waals surface area contributed by atoms with Crippen molar-refractivity contribution in [3.05, 3.63) is 59.9 Å². The molecule has 0 bridgehead atoms. The summed E-state index contributed by atoms with van der Waals surface area (Å²) in [7, 11) is 1.99. The fourth-order valence-electron chi connectivity index (χ4n) is 1.57. The van der Waals surface area contributed by atoms with Crippen LogP contribution in [0, 0.1) is 0 Å². The van der Waals surface area contributed by atoms with Gasteiger partial charge in [-0.3, -0.25) is 0 Å². The quantitative estimate of drug-likeness (QED) is 0.677. The molecule has 0 fully saturated rings. The molecule has 1 aliphatic rings. The third kappa shape index (κ3) is 1.71. The summed E-state index contributed by atoms with van der Waals surface area (Å²) in [5, 5.41) is 0. The lowest BCUT2D eigenvalue weighted by molar-refractivity contribution is 0.631. The maximum absolute atomic E-state index is 4.43. The monoisotopic (exact) mass is 198 g/mol. The average molecular weight is 198 g/mol. The fraction of sp³-hybridized carbons (Fsp3) is 0.154. The van der Waals surface area contributed by atoms with E-state index < -0.39 is 0 Å². The Morgan fingerprint density at radius 3 is 2.53 bits per heavy atom. The van der Waals surface area contributed by atoms with E-state index in [-0.39, 0.29) is 0 Å². The zero-order chi connectivity index (χ0) is 10.8. The molecule has 0 unspecified atom stereocenters. The highest BCUT2D eigenvalue weighted by atomic mass is 15.2. The Hall–Kier alpha value is -1.83. The van der Waals surface area contributed by atoms with E-state index in [0.29, 0.717) is 0 Å². The minimum absolute atomic E-state index is 0.950. The van der Waals surface area contributed by atoms with Gasteiger partial charge < -0.3 is 4.90 Å². The first-order valence-corrected chi connectivity index (χ1v) is 4.93. The van der Waals surface area contributed by atoms with Crippen LogP contribution in [0.2, 0.25) is 0 Å². The van der Waals surface area contributed by atoms with Gasteiger partial charge in [-0.2, -0.15) is 0 Å². The number of allylic oxidation sites excluding steroid dienone is 1. The number of rotatable bonds is 1. The predicted octanol–water partition coefficient (Wildman–Crippen LogP) is 2.80. The number of hydrogen-bond donors (Lipinski definition) is 0. The molecule has 0 radical (unpaired) electrons. The minimum atomic E-state index is 0.950. The van der Waals surface area contributed by atoms with E-state index in [2.05, 4.69) is 23.7 Å². The lowest BCUT2D eigenvalue weighted by Gasteiger charge is -2.26. The number of benzene rings is 1. The summed E-state index contributed by atoms with van der Waals surface area (Å²) in [6, 6.07) is 10.1. The maximum Gasteiger partial charge on any atom is 0.139 e. The van der Waals surface area contributed by atoms with E-state index >= 15 is 0 Å². The zero-order valence-corrected chi connectivity index (χ0v) is 9.07. The second-order valence-electron chi connectivity index (χ2n) is 3.64. The molecule has 2 nitrogen and oxygen atoms in total. The Bertz CT molecular complexity index is 441. The van der Waals surface area contributed by atoms with Gasteiger partial charge in [0.1, 0.15) is 5.84 Å². The van der Waals surface area contributed by atoms with Crippen LogP contribution in [0.1, 0.15) is 12.5 Å². The Morgan fingerprint density at radius 2 is 1.87 bits per heavy atom. The van der Waals surface area contributed by atoms with Gasteiger partial charge in [0.15, 0.2) is 0 Å². The SMILES string of the molecule is C=C1C(C)=CN=C(c2ccccc2)N1C. The molecular weight excluding hydrogens is 184 g/mol. The van der Waals surface area contributed by atoms with Crippen LogP contribution in [0.4, 0.5) is 0 Å². The smallest absolute Gasteiger partial charge is 0.139 e. The molecule has 0 saturated carbocycles. The van der Waals surface area contributed by atoms with Crippen LogP contribution in [0.25, 0.3) is 0 Å². The molecule has 0 spiro atoms. The molecule has 76 valence electrons. The molecule has 0 N–H and O–H groups in total. The molecule has 0 atom stereocenters. The number of aliphatic imine (C=N–C) groups is 1. The predicted molar refractivity (Wildman–Crippen MR) is 63.6 cm³/mol. The molecule has 2 rings (SSSR count). The largest absolute Gasteiger partial charge is 0.329 e. The van der Waals surface area contributed by atoms with Crippen LogP contribution in [0.3, 0.4) is 0 Å². The number of likely N-dealkylation sites (N-methyl/N-ethyl adjacent to an activating group) is 1. The Morgan fingerprint density at radius 1 is 1.20 bits per heavy atom. The van der Waals surface area contributed by atoms with Gasteiger partial charge >= 0.3 is 0 Å². The van der Waals surface area contributed by atoms with Crippen molar-refractivity contribution >= 4 is 5.84 Å². The van der Waals surface area contributed by atoms with Crippen molar-refractivity contribution in [2.75, 3.05) is 7.05 Å². The summed E-state index contributed by atoms with van der Waals surface area (Å²) in [4.78, 5) is 6.45. The minimum Gasteiger partial charge on any atom is -0.329 e. The summed E-state index contributed by atoms with van der Waals surface area (Å²) in [6.45, 7) is 6.05. The van der Waals surface area contributed by atoms with Crippen LogP contribution in [-0.2, 0) is 0 Å². The van der Waals surface area contributed by atoms with Crippen molar-refractivity contribution in [2.45, 2.75) is 6.92 Å². The summed E-state index contributed by atoms with van der Waals surface area (Å²) in [6.07, 6.45) is 1.87. The van der Waals surface area contributed by atoms with Gasteiger partial charge in [0.2, 0.25) is 0 Å². The number of hydrogen-bond acceptors (Lipinski definition) is 2. The van der Waals surface area contributed by atoms with Crippen molar-refractivity contribution in [3.63, 3.8) is 0 Å². The number of amidine groups is 1. The van der Waals surface area contributed by atoms with Gasteiger partial charge in [0, 0.05) is 24.5 Å². The second-order valence-corrected chi connectivity index (χ2v) is 3.64. The summed E-state index contributed by atoms with van der Waals surface area (Å²) in [5.41, 5.74) is 3.23. The molecule has 0 aromatic heterocycles. The molecule has 15 heavy (non-hydrogen) atoms. The summed E-state index contributed by atoms with van der Waals surface area (Å²) >= 11 is 0. The van der Waals surface area contributed by atoms with Gasteiger partial charge in [0.25, 0.3) is 0 Å². The Labute approximate surface area is 90.3 Å². The molecule has 0 amide bonds. The molecule has 0 aliphatic carbocycles. The van der Waals surface area contributed by atoms with Crippen molar-refractivity contribution in [2.24, 2.45) is 4.99 Å². The summed E-state index contributed by atoms with van der Waals surface area (Å²) in [5.74, 6) is 0.950. The summed E-state index contributed by atoms with van der Waals surface area (Å²) < 4.78 is 0. The first-order chi connectivity index (χ1) is 7.20. The van der Waals surface area contributed by atoms with E-state index in [9.17, 15) is 0 Å². The van der Waals surface area contributed by atoms with Crippen LogP contribution >= 0.6 is 0 Å². The highest BCUT2D eigenvalue weighted by Crippen LogP contribution is 2.19. The van der Waals surface area contributed by atoms with Gasteiger partial charge in [-0.1, -0.05) is 36.9 Å². The normalized spacial score (nSPS) is 16.1. The van der Waals surface area contributed by atoms with Crippen molar-refractivity contribution in [1.82, 2.24) is 4.90 Å². The van der Waals surface area contributed by atoms with E-state index in [4.69, 9.17) is 0 Å². The zero-order valence-electron chi connectivity index (χ0n) is 9.07. The fourth-order valence-corrected chi connectivity index (χ4v) is 1.57. The van der Waals surface area contributed by atoms with E-state index in [1.807, 2.05) is 43.3 Å².